The van der Waals surface area contributed by atoms with Gasteiger partial charge in [0.15, 0.2) is 0 Å². The molecule has 0 aliphatic carbocycles. The van der Waals surface area contributed by atoms with Crippen molar-refractivity contribution in [1.82, 2.24) is 0 Å². The van der Waals surface area contributed by atoms with Crippen LogP contribution in [0.2, 0.25) is 0 Å². The van der Waals surface area contributed by atoms with Gasteiger partial charge in [0.2, 0.25) is 0 Å². The fourth-order valence-electron chi connectivity index (χ4n) is 5.45. The van der Waals surface area contributed by atoms with Crippen molar-refractivity contribution in [2.45, 2.75) is 79.1 Å². The minimum absolute atomic E-state index is 1.19. The summed E-state index contributed by atoms with van der Waals surface area (Å²) in [4.78, 5) is 6.19. The molecule has 0 saturated carbocycles. The highest BCUT2D eigenvalue weighted by molar-refractivity contribution is 7.27. The lowest BCUT2D eigenvalue weighted by Crippen LogP contribution is -1.78. The summed E-state index contributed by atoms with van der Waals surface area (Å²) in [5.41, 5.74) is 0. The molecule has 34 heavy (non-hydrogen) atoms. The lowest BCUT2D eigenvalue weighted by atomic mass is 10.00. The van der Waals surface area contributed by atoms with Gasteiger partial charge in [0, 0.05) is 70.6 Å². The molecule has 6 rings (SSSR count). The predicted molar refractivity (Wildman–Crippen MR) is 161 cm³/mol. The first-order chi connectivity index (χ1) is 16.7. The monoisotopic (exact) mass is 520 g/mol. The summed E-state index contributed by atoms with van der Waals surface area (Å²) in [6.07, 6.45) is 9.59. The van der Waals surface area contributed by atoms with Crippen molar-refractivity contribution in [2.24, 2.45) is 0 Å². The molecule has 0 unspecified atom stereocenters. The van der Waals surface area contributed by atoms with Gasteiger partial charge >= 0.3 is 0 Å². The molecule has 0 fully saturated rings. The second-order valence-electron chi connectivity index (χ2n) is 9.57. The van der Waals surface area contributed by atoms with Gasteiger partial charge in [-0.05, 0) is 49.9 Å². The van der Waals surface area contributed by atoms with E-state index in [0.29, 0.717) is 0 Å². The first kappa shape index (κ1) is 23.0. The van der Waals surface area contributed by atoms with Gasteiger partial charge in [-0.15, -0.1) is 45.3 Å². The van der Waals surface area contributed by atoms with Crippen LogP contribution in [0.1, 0.15) is 72.9 Å². The van der Waals surface area contributed by atoms with Gasteiger partial charge in [0.1, 0.15) is 0 Å². The van der Waals surface area contributed by atoms with Crippen LogP contribution in [-0.4, -0.2) is 0 Å². The second-order valence-corrected chi connectivity index (χ2v) is 14.1. The van der Waals surface area contributed by atoms with E-state index in [9.17, 15) is 0 Å². The Morgan fingerprint density at radius 3 is 0.853 bits per heavy atom. The number of hydrogen-bond acceptors (Lipinski definition) is 4. The van der Waals surface area contributed by atoms with E-state index in [0.717, 1.165) is 0 Å². The third kappa shape index (κ3) is 3.56. The Morgan fingerprint density at radius 1 is 0.412 bits per heavy atom. The standard InChI is InChI=1S/C30H32S4/c1-5-9-17-13-21-22-14-18(10-6-2)32-28(22)26-25(27(21)31-17)29-23(15-19(33-29)11-7-3)24-16-20(12-8-4)34-30(24)26/h13-16H,5-12H2,1-4H3. The molecule has 4 heterocycles. The molecule has 6 aromatic rings. The molecule has 0 atom stereocenters. The highest BCUT2D eigenvalue weighted by atomic mass is 32.1. The Bertz CT molecular complexity index is 1410. The zero-order chi connectivity index (χ0) is 23.4. The van der Waals surface area contributed by atoms with E-state index in [1.54, 1.807) is 30.3 Å². The highest BCUT2D eigenvalue weighted by Gasteiger charge is 2.22. The minimum Gasteiger partial charge on any atom is -0.140 e. The van der Waals surface area contributed by atoms with E-state index >= 15 is 0 Å². The summed E-state index contributed by atoms with van der Waals surface area (Å²) >= 11 is 8.27. The summed E-state index contributed by atoms with van der Waals surface area (Å²) in [5, 5.41) is 9.13. The number of benzene rings is 2. The number of rotatable bonds is 8. The molecule has 0 radical (unpaired) electrons. The van der Waals surface area contributed by atoms with Gasteiger partial charge in [-0.1, -0.05) is 53.4 Å². The summed E-state index contributed by atoms with van der Waals surface area (Å²) in [5.74, 6) is 0. The minimum atomic E-state index is 1.19. The molecule has 0 amide bonds. The van der Waals surface area contributed by atoms with Gasteiger partial charge < -0.3 is 0 Å². The average Bonchev–Trinajstić information content (AvgIpc) is 3.57. The van der Waals surface area contributed by atoms with Crippen LogP contribution >= 0.6 is 45.3 Å². The van der Waals surface area contributed by atoms with E-state index in [2.05, 4.69) is 97.3 Å². The van der Waals surface area contributed by atoms with Crippen LogP contribution in [0.5, 0.6) is 0 Å². The quantitative estimate of drug-likeness (QED) is 0.187. The van der Waals surface area contributed by atoms with Gasteiger partial charge in [0.25, 0.3) is 0 Å². The summed E-state index contributed by atoms with van der Waals surface area (Å²) in [6, 6.07) is 10.1. The van der Waals surface area contributed by atoms with E-state index < -0.39 is 0 Å². The number of hydrogen-bond donors (Lipinski definition) is 0. The van der Waals surface area contributed by atoms with E-state index in [1.165, 1.54) is 91.7 Å². The zero-order valence-electron chi connectivity index (χ0n) is 20.6. The molecule has 4 heteroatoms. The van der Waals surface area contributed by atoms with E-state index in [-0.39, 0.29) is 0 Å². The second kappa shape index (κ2) is 9.20. The molecule has 0 saturated heterocycles. The van der Waals surface area contributed by atoms with E-state index in [1.807, 2.05) is 0 Å². The third-order valence-electron chi connectivity index (χ3n) is 6.86. The fraction of sp³-hybridized carbons (Fsp3) is 0.400. The lowest BCUT2D eigenvalue weighted by molar-refractivity contribution is 0.940. The van der Waals surface area contributed by atoms with Gasteiger partial charge in [-0.3, -0.25) is 0 Å². The van der Waals surface area contributed by atoms with Gasteiger partial charge in [0.05, 0.1) is 0 Å². The van der Waals surface area contributed by atoms with Crippen LogP contribution in [0.3, 0.4) is 0 Å². The van der Waals surface area contributed by atoms with Crippen molar-refractivity contribution in [3.05, 3.63) is 43.8 Å². The van der Waals surface area contributed by atoms with Crippen LogP contribution in [0.4, 0.5) is 0 Å². The Hall–Kier alpha value is -1.46. The zero-order valence-corrected chi connectivity index (χ0v) is 23.9. The van der Waals surface area contributed by atoms with Crippen molar-refractivity contribution in [1.29, 1.82) is 0 Å². The van der Waals surface area contributed by atoms with Crippen molar-refractivity contribution < 1.29 is 0 Å². The highest BCUT2D eigenvalue weighted by Crippen LogP contribution is 2.52. The first-order valence-corrected chi connectivity index (χ1v) is 16.2. The molecular formula is C30H32S4. The average molecular weight is 521 g/mol. The maximum Gasteiger partial charge on any atom is 0.0446 e. The Morgan fingerprint density at radius 2 is 0.647 bits per heavy atom. The normalized spacial score (nSPS) is 12.5. The Kier molecular flexibility index (Phi) is 6.22. The van der Waals surface area contributed by atoms with Gasteiger partial charge in [-0.25, -0.2) is 0 Å². The maximum absolute atomic E-state index is 2.53. The Balaban J connectivity index is 1.86. The lowest BCUT2D eigenvalue weighted by Gasteiger charge is -2.07. The Labute approximate surface area is 218 Å². The third-order valence-corrected chi connectivity index (χ3v) is 11.7. The molecule has 0 N–H and O–H groups in total. The fourth-order valence-corrected chi connectivity index (χ4v) is 10.9. The maximum atomic E-state index is 2.53. The summed E-state index contributed by atoms with van der Waals surface area (Å²) < 4.78 is 6.14. The molecule has 0 nitrogen and oxygen atoms in total. The summed E-state index contributed by atoms with van der Waals surface area (Å²) in [7, 11) is 0. The van der Waals surface area contributed by atoms with Crippen LogP contribution in [-0.2, 0) is 25.7 Å². The molecule has 176 valence electrons. The largest absolute Gasteiger partial charge is 0.140 e. The molecule has 0 aliphatic heterocycles. The molecular weight excluding hydrogens is 489 g/mol. The van der Waals surface area contributed by atoms with Crippen molar-refractivity contribution in [3.63, 3.8) is 0 Å². The van der Waals surface area contributed by atoms with Crippen LogP contribution in [0.15, 0.2) is 24.3 Å². The first-order valence-electron chi connectivity index (χ1n) is 12.9. The number of aryl methyl sites for hydroxylation is 4. The smallest absolute Gasteiger partial charge is 0.0446 e. The molecule has 0 bridgehead atoms. The molecule has 4 aromatic heterocycles. The van der Waals surface area contributed by atoms with Crippen molar-refractivity contribution in [3.8, 4) is 0 Å². The van der Waals surface area contributed by atoms with Crippen LogP contribution in [0, 0.1) is 0 Å². The number of thiophene rings is 4. The SMILES string of the molecule is CCCc1cc2c3cc(CCC)sc3c3c4sc(CCC)cc4c4cc(CCC)sc4c3c2s1. The summed E-state index contributed by atoms with van der Waals surface area (Å²) in [6.45, 7) is 9.23. The molecule has 2 aromatic carbocycles. The van der Waals surface area contributed by atoms with Crippen LogP contribution in [0.25, 0.3) is 51.1 Å². The topological polar surface area (TPSA) is 0 Å². The number of fused-ring (bicyclic) bond motifs is 11. The molecule has 0 spiro atoms. The van der Waals surface area contributed by atoms with E-state index in [4.69, 9.17) is 0 Å². The molecule has 0 aliphatic rings. The van der Waals surface area contributed by atoms with Gasteiger partial charge in [-0.2, -0.15) is 0 Å². The van der Waals surface area contributed by atoms with Crippen molar-refractivity contribution >= 4 is 96.5 Å². The van der Waals surface area contributed by atoms with Crippen LogP contribution < -0.4 is 0 Å². The predicted octanol–water partition coefficient (Wildman–Crippen LogP) is 11.5. The van der Waals surface area contributed by atoms with Crippen molar-refractivity contribution in [2.75, 3.05) is 0 Å².